The van der Waals surface area contributed by atoms with Crippen LogP contribution in [0.2, 0.25) is 0 Å². The number of fused-ring (bicyclic) bond motifs is 1. The van der Waals surface area contributed by atoms with E-state index in [1.54, 1.807) is 0 Å². The first kappa shape index (κ1) is 21.1. The van der Waals surface area contributed by atoms with E-state index in [1.807, 2.05) is 0 Å². The molecule has 2 aromatic carbocycles. The minimum atomic E-state index is -1.63. The molecule has 0 aliphatic carbocycles. The van der Waals surface area contributed by atoms with E-state index in [2.05, 4.69) is 5.32 Å². The second kappa shape index (κ2) is 8.02. The van der Waals surface area contributed by atoms with E-state index in [4.69, 9.17) is 18.9 Å². The number of carbonyl (C=O) groups is 3. The molecule has 2 aromatic rings. The zero-order valence-electron chi connectivity index (χ0n) is 16.8. The van der Waals surface area contributed by atoms with Gasteiger partial charge >= 0.3 is 11.9 Å². The monoisotopic (exact) mass is 417 g/mol. The molecule has 1 aliphatic heterocycles. The van der Waals surface area contributed by atoms with Crippen molar-refractivity contribution >= 4 is 23.5 Å². The van der Waals surface area contributed by atoms with E-state index in [0.717, 1.165) is 6.07 Å². The first-order chi connectivity index (χ1) is 14.2. The summed E-state index contributed by atoms with van der Waals surface area (Å²) in [4.78, 5) is 37.6. The Kier molecular flexibility index (Phi) is 5.64. The maximum absolute atomic E-state index is 13.6. The molecule has 0 spiro atoms. The number of cyclic esters (lactones) is 1. The average molecular weight is 417 g/mol. The third kappa shape index (κ3) is 3.78. The molecule has 1 unspecified atom stereocenters. The fourth-order valence-corrected chi connectivity index (χ4v) is 3.21. The molecule has 0 fully saturated rings. The van der Waals surface area contributed by atoms with E-state index in [0.29, 0.717) is 5.56 Å². The van der Waals surface area contributed by atoms with Crippen molar-refractivity contribution in [1.29, 1.82) is 0 Å². The molecule has 158 valence electrons. The molecule has 1 N–H and O–H groups in total. The molecule has 1 heterocycles. The predicted molar refractivity (Wildman–Crippen MR) is 103 cm³/mol. The lowest BCUT2D eigenvalue weighted by molar-refractivity contribution is -0.134. The highest BCUT2D eigenvalue weighted by atomic mass is 19.1. The van der Waals surface area contributed by atoms with Gasteiger partial charge in [0, 0.05) is 18.6 Å². The van der Waals surface area contributed by atoms with Crippen molar-refractivity contribution in [1.82, 2.24) is 0 Å². The second-order valence-corrected chi connectivity index (χ2v) is 6.80. The summed E-state index contributed by atoms with van der Waals surface area (Å²) in [6, 6.07) is 6.41. The molecule has 0 saturated carbocycles. The topological polar surface area (TPSA) is 100 Å². The minimum Gasteiger partial charge on any atom is -0.493 e. The number of rotatable bonds is 5. The van der Waals surface area contributed by atoms with E-state index in [-0.39, 0.29) is 34.7 Å². The highest BCUT2D eigenvalue weighted by molar-refractivity contribution is 6.06. The first-order valence-electron chi connectivity index (χ1n) is 8.90. The molecule has 1 atom stereocenters. The summed E-state index contributed by atoms with van der Waals surface area (Å²) in [5.41, 5.74) is -0.988. The molecule has 3 rings (SSSR count). The Morgan fingerprint density at radius 3 is 2.40 bits per heavy atom. The first-order valence-corrected chi connectivity index (χ1v) is 8.90. The maximum atomic E-state index is 13.6. The number of hydrogen-bond donors (Lipinski definition) is 1. The third-order valence-electron chi connectivity index (χ3n) is 4.79. The second-order valence-electron chi connectivity index (χ2n) is 6.80. The van der Waals surface area contributed by atoms with Gasteiger partial charge in [-0.25, -0.2) is 14.0 Å². The molecule has 0 bridgehead atoms. The Bertz CT molecular complexity index is 1040. The highest BCUT2D eigenvalue weighted by Gasteiger charge is 2.43. The van der Waals surface area contributed by atoms with Crippen LogP contribution < -0.4 is 14.8 Å². The molecule has 9 heteroatoms. The van der Waals surface area contributed by atoms with Gasteiger partial charge in [0.1, 0.15) is 5.82 Å². The summed E-state index contributed by atoms with van der Waals surface area (Å²) in [6.07, 6.45) is -0.0431. The van der Waals surface area contributed by atoms with Crippen molar-refractivity contribution < 1.29 is 37.7 Å². The van der Waals surface area contributed by atoms with Crippen LogP contribution in [0.3, 0.4) is 0 Å². The van der Waals surface area contributed by atoms with Crippen LogP contribution >= 0.6 is 0 Å². The van der Waals surface area contributed by atoms with Crippen LogP contribution in [0.1, 0.15) is 33.2 Å². The Balaban J connectivity index is 1.97. The van der Waals surface area contributed by atoms with Crippen LogP contribution in [0.25, 0.3) is 0 Å². The van der Waals surface area contributed by atoms with Gasteiger partial charge < -0.3 is 24.3 Å². The van der Waals surface area contributed by atoms with Crippen molar-refractivity contribution in [3.05, 3.63) is 52.8 Å². The third-order valence-corrected chi connectivity index (χ3v) is 4.79. The summed E-state index contributed by atoms with van der Waals surface area (Å²) in [6.45, 7) is 1.41. The normalized spacial score (nSPS) is 17.4. The summed E-state index contributed by atoms with van der Waals surface area (Å²) >= 11 is 0. The van der Waals surface area contributed by atoms with Crippen molar-refractivity contribution in [2.45, 2.75) is 18.9 Å². The molecule has 0 aromatic heterocycles. The van der Waals surface area contributed by atoms with E-state index in [1.165, 1.54) is 52.5 Å². The van der Waals surface area contributed by atoms with Gasteiger partial charge in [0.25, 0.3) is 5.91 Å². The molecule has 0 saturated heterocycles. The summed E-state index contributed by atoms with van der Waals surface area (Å²) in [7, 11) is 3.99. The quantitative estimate of drug-likeness (QED) is 0.747. The fourth-order valence-electron chi connectivity index (χ4n) is 3.21. The van der Waals surface area contributed by atoms with Gasteiger partial charge in [-0.3, -0.25) is 4.79 Å². The molecular weight excluding hydrogens is 397 g/mol. The zero-order chi connectivity index (χ0) is 22.1. The van der Waals surface area contributed by atoms with Crippen LogP contribution in [0.4, 0.5) is 10.1 Å². The number of anilines is 1. The van der Waals surface area contributed by atoms with Gasteiger partial charge in [0.15, 0.2) is 17.1 Å². The van der Waals surface area contributed by atoms with Crippen molar-refractivity contribution in [3.63, 3.8) is 0 Å². The number of halogens is 1. The minimum absolute atomic E-state index is 0.0145. The Morgan fingerprint density at radius 2 is 1.77 bits per heavy atom. The van der Waals surface area contributed by atoms with Gasteiger partial charge in [-0.2, -0.15) is 0 Å². The predicted octanol–water partition coefficient (Wildman–Crippen LogP) is 2.74. The number of amides is 1. The van der Waals surface area contributed by atoms with Crippen LogP contribution in [0, 0.1) is 5.82 Å². The van der Waals surface area contributed by atoms with Gasteiger partial charge in [-0.15, -0.1) is 0 Å². The summed E-state index contributed by atoms with van der Waals surface area (Å²) in [5.74, 6) is -2.17. The molecule has 1 aliphatic rings. The maximum Gasteiger partial charge on any atom is 0.340 e. The zero-order valence-corrected chi connectivity index (χ0v) is 16.8. The number of ether oxygens (including phenoxy) is 4. The number of benzene rings is 2. The lowest BCUT2D eigenvalue weighted by atomic mass is 9.89. The van der Waals surface area contributed by atoms with Gasteiger partial charge in [-0.05, 0) is 30.7 Å². The Hall–Kier alpha value is -3.62. The number of methoxy groups -OCH3 is 3. The van der Waals surface area contributed by atoms with Crippen molar-refractivity contribution in [2.24, 2.45) is 0 Å². The molecule has 8 nitrogen and oxygen atoms in total. The standard InChI is InChI=1S/C21H20FNO7/c1-21(10-11-7-12(22)5-6-13(11)19(25)30-21)20(26)23-15-9-17(28-3)16(27-2)8-14(15)18(24)29-4/h5-9H,10H2,1-4H3,(H,23,26). The van der Waals surface area contributed by atoms with E-state index < -0.39 is 29.3 Å². The van der Waals surface area contributed by atoms with Gasteiger partial charge in [0.05, 0.1) is 38.1 Å². The molecular formula is C21H20FNO7. The number of carbonyl (C=O) groups excluding carboxylic acids is 3. The lowest BCUT2D eigenvalue weighted by Crippen LogP contribution is -2.49. The van der Waals surface area contributed by atoms with Crippen LogP contribution in [-0.4, -0.2) is 44.8 Å². The van der Waals surface area contributed by atoms with E-state index >= 15 is 0 Å². The van der Waals surface area contributed by atoms with Gasteiger partial charge in [-0.1, -0.05) is 0 Å². The largest absolute Gasteiger partial charge is 0.493 e. The number of hydrogen-bond acceptors (Lipinski definition) is 7. The Morgan fingerprint density at radius 1 is 1.10 bits per heavy atom. The molecule has 30 heavy (non-hydrogen) atoms. The highest BCUT2D eigenvalue weighted by Crippen LogP contribution is 2.35. The van der Waals surface area contributed by atoms with Gasteiger partial charge in [0.2, 0.25) is 0 Å². The van der Waals surface area contributed by atoms with Crippen LogP contribution in [0.15, 0.2) is 30.3 Å². The summed E-state index contributed by atoms with van der Waals surface area (Å²) < 4.78 is 34.1. The van der Waals surface area contributed by atoms with Crippen LogP contribution in [-0.2, 0) is 20.7 Å². The van der Waals surface area contributed by atoms with Crippen molar-refractivity contribution in [2.75, 3.05) is 26.6 Å². The smallest absolute Gasteiger partial charge is 0.340 e. The number of nitrogens with one attached hydrogen (secondary N) is 1. The summed E-state index contributed by atoms with van der Waals surface area (Å²) in [5, 5.41) is 2.58. The molecule has 0 radical (unpaired) electrons. The Labute approximate surface area is 171 Å². The number of esters is 2. The fraction of sp³-hybridized carbons (Fsp3) is 0.286. The molecule has 1 amide bonds. The average Bonchev–Trinajstić information content (AvgIpc) is 2.72. The van der Waals surface area contributed by atoms with E-state index in [9.17, 15) is 18.8 Å². The van der Waals surface area contributed by atoms with Crippen molar-refractivity contribution in [3.8, 4) is 11.5 Å². The lowest BCUT2D eigenvalue weighted by Gasteiger charge is -2.33. The van der Waals surface area contributed by atoms with Crippen LogP contribution in [0.5, 0.6) is 11.5 Å². The SMILES string of the molecule is COC(=O)c1cc(OC)c(OC)cc1NC(=O)C1(C)Cc2cc(F)ccc2C(=O)O1.